The third-order valence-electron chi connectivity index (χ3n) is 3.04. The molecule has 0 fully saturated rings. The molecule has 1 heterocycles. The molecular weight excluding hydrogens is 312 g/mol. The second-order valence-corrected chi connectivity index (χ2v) is 6.63. The summed E-state index contributed by atoms with van der Waals surface area (Å²) >= 11 is 1.29. The van der Waals surface area contributed by atoms with Gasteiger partial charge < -0.3 is 5.32 Å². The van der Waals surface area contributed by atoms with Gasteiger partial charge in [0, 0.05) is 12.0 Å². The van der Waals surface area contributed by atoms with E-state index in [1.165, 1.54) is 11.3 Å². The zero-order valence-corrected chi connectivity index (χ0v) is 14.2. The molecule has 0 aliphatic heterocycles. The van der Waals surface area contributed by atoms with Gasteiger partial charge in [0.1, 0.15) is 11.0 Å². The number of rotatable bonds is 6. The summed E-state index contributed by atoms with van der Waals surface area (Å²) in [7, 11) is 0. The second kappa shape index (κ2) is 7.82. The fourth-order valence-electron chi connectivity index (χ4n) is 1.92. The van der Waals surface area contributed by atoms with Gasteiger partial charge in [0.15, 0.2) is 0 Å². The smallest absolute Gasteiger partial charge is 0.248 e. The molecule has 0 bridgehead atoms. The highest BCUT2D eigenvalue weighted by molar-refractivity contribution is 7.18. The Bertz CT molecular complexity index is 670. The van der Waals surface area contributed by atoms with Crippen LogP contribution >= 0.6 is 11.3 Å². The summed E-state index contributed by atoms with van der Waals surface area (Å²) in [6, 6.07) is 9.00. The van der Waals surface area contributed by atoms with E-state index in [9.17, 15) is 9.59 Å². The number of amides is 2. The molecule has 1 aromatic heterocycles. The fraction of sp³-hybridized carbons (Fsp3) is 0.375. The first-order valence-corrected chi connectivity index (χ1v) is 8.26. The summed E-state index contributed by atoms with van der Waals surface area (Å²) < 4.78 is 0. The molecule has 0 aliphatic rings. The molecular formula is C16H20N4O2S. The largest absolute Gasteiger partial charge is 0.345 e. The molecule has 122 valence electrons. The predicted octanol–water partition coefficient (Wildman–Crippen LogP) is 2.69. The van der Waals surface area contributed by atoms with Crippen LogP contribution in [0.4, 0.5) is 5.13 Å². The van der Waals surface area contributed by atoms with Crippen LogP contribution in [-0.2, 0) is 9.59 Å². The van der Waals surface area contributed by atoms with Crippen LogP contribution in [0.15, 0.2) is 30.3 Å². The lowest BCUT2D eigenvalue weighted by Gasteiger charge is -2.13. The minimum atomic E-state index is -0.620. The molecule has 2 N–H and O–H groups in total. The molecule has 1 unspecified atom stereocenters. The predicted molar refractivity (Wildman–Crippen MR) is 91.0 cm³/mol. The van der Waals surface area contributed by atoms with E-state index >= 15 is 0 Å². The zero-order valence-electron chi connectivity index (χ0n) is 13.4. The Kier molecular flexibility index (Phi) is 5.81. The zero-order chi connectivity index (χ0) is 16.8. The highest BCUT2D eigenvalue weighted by Crippen LogP contribution is 2.25. The quantitative estimate of drug-likeness (QED) is 0.852. The Morgan fingerprint density at radius 3 is 2.48 bits per heavy atom. The van der Waals surface area contributed by atoms with Crippen molar-refractivity contribution in [1.82, 2.24) is 15.5 Å². The molecule has 7 heteroatoms. The lowest BCUT2D eigenvalue weighted by molar-refractivity contribution is -0.126. The van der Waals surface area contributed by atoms with Gasteiger partial charge in [-0.1, -0.05) is 55.5 Å². The van der Waals surface area contributed by atoms with Crippen LogP contribution in [0.2, 0.25) is 0 Å². The molecule has 1 atom stereocenters. The molecule has 2 amide bonds. The van der Waals surface area contributed by atoms with Gasteiger partial charge >= 0.3 is 0 Å². The van der Waals surface area contributed by atoms with Crippen LogP contribution in [0.1, 0.15) is 27.2 Å². The Morgan fingerprint density at radius 2 is 1.83 bits per heavy atom. The third-order valence-corrected chi connectivity index (χ3v) is 3.93. The minimum Gasteiger partial charge on any atom is -0.345 e. The summed E-state index contributed by atoms with van der Waals surface area (Å²) in [4.78, 5) is 23.8. The number of hydrogen-bond donors (Lipinski definition) is 2. The Labute approximate surface area is 139 Å². The average molecular weight is 332 g/mol. The molecule has 0 saturated carbocycles. The van der Waals surface area contributed by atoms with Gasteiger partial charge in [-0.15, -0.1) is 10.2 Å². The number of hydrogen-bond acceptors (Lipinski definition) is 5. The van der Waals surface area contributed by atoms with Crippen molar-refractivity contribution in [3.8, 4) is 10.6 Å². The fourth-order valence-corrected chi connectivity index (χ4v) is 2.67. The monoisotopic (exact) mass is 332 g/mol. The van der Waals surface area contributed by atoms with Crippen molar-refractivity contribution in [2.24, 2.45) is 5.92 Å². The third kappa shape index (κ3) is 5.14. The van der Waals surface area contributed by atoms with E-state index in [-0.39, 0.29) is 17.7 Å². The SMILES string of the molecule is CC(C)CC(=O)NC(C)C(=O)Nc1nnc(-c2ccccc2)s1. The van der Waals surface area contributed by atoms with E-state index < -0.39 is 6.04 Å². The number of nitrogens with one attached hydrogen (secondary N) is 2. The standard InChI is InChI=1S/C16H20N4O2S/c1-10(2)9-13(21)17-11(3)14(22)18-16-20-19-15(23-16)12-7-5-4-6-8-12/h4-8,10-11H,9H2,1-3H3,(H,17,21)(H,18,20,22). The molecule has 0 radical (unpaired) electrons. The van der Waals surface area contributed by atoms with Crippen molar-refractivity contribution in [3.05, 3.63) is 30.3 Å². The first-order valence-electron chi connectivity index (χ1n) is 7.45. The highest BCUT2D eigenvalue weighted by atomic mass is 32.1. The van der Waals surface area contributed by atoms with Gasteiger partial charge in [-0.3, -0.25) is 14.9 Å². The van der Waals surface area contributed by atoms with Gasteiger partial charge in [0.25, 0.3) is 0 Å². The summed E-state index contributed by atoms with van der Waals surface area (Å²) in [6.45, 7) is 5.56. The van der Waals surface area contributed by atoms with Crippen LogP contribution < -0.4 is 10.6 Å². The number of carbonyl (C=O) groups is 2. The molecule has 1 aromatic carbocycles. The van der Waals surface area contributed by atoms with Gasteiger partial charge in [0.05, 0.1) is 0 Å². The summed E-state index contributed by atoms with van der Waals surface area (Å²) in [5.74, 6) is -0.190. The van der Waals surface area contributed by atoms with Gasteiger partial charge in [-0.25, -0.2) is 0 Å². The normalized spacial score (nSPS) is 12.0. The van der Waals surface area contributed by atoms with E-state index in [0.717, 1.165) is 10.6 Å². The van der Waals surface area contributed by atoms with Gasteiger partial charge in [-0.2, -0.15) is 0 Å². The van der Waals surface area contributed by atoms with Crippen LogP contribution in [0.5, 0.6) is 0 Å². The topological polar surface area (TPSA) is 84.0 Å². The number of nitrogens with zero attached hydrogens (tertiary/aromatic N) is 2. The highest BCUT2D eigenvalue weighted by Gasteiger charge is 2.18. The van der Waals surface area contributed by atoms with Crippen molar-refractivity contribution in [1.29, 1.82) is 0 Å². The van der Waals surface area contributed by atoms with Crippen molar-refractivity contribution in [2.75, 3.05) is 5.32 Å². The van der Waals surface area contributed by atoms with Crippen LogP contribution in [0.3, 0.4) is 0 Å². The molecule has 0 aliphatic carbocycles. The Hall–Kier alpha value is -2.28. The summed E-state index contributed by atoms with van der Waals surface area (Å²) in [6.07, 6.45) is 0.397. The molecule has 0 saturated heterocycles. The molecule has 0 spiro atoms. The minimum absolute atomic E-state index is 0.134. The number of aromatic nitrogens is 2. The maximum absolute atomic E-state index is 12.1. The lowest BCUT2D eigenvalue weighted by atomic mass is 10.1. The average Bonchev–Trinajstić information content (AvgIpc) is 2.95. The second-order valence-electron chi connectivity index (χ2n) is 5.65. The van der Waals surface area contributed by atoms with Crippen LogP contribution in [0, 0.1) is 5.92 Å². The lowest BCUT2D eigenvalue weighted by Crippen LogP contribution is -2.41. The van der Waals surface area contributed by atoms with E-state index in [0.29, 0.717) is 11.6 Å². The molecule has 2 rings (SSSR count). The first-order chi connectivity index (χ1) is 11.0. The van der Waals surface area contributed by atoms with Gasteiger partial charge in [0.2, 0.25) is 16.9 Å². The molecule has 6 nitrogen and oxygen atoms in total. The number of anilines is 1. The van der Waals surface area contributed by atoms with E-state index in [1.807, 2.05) is 44.2 Å². The van der Waals surface area contributed by atoms with Crippen LogP contribution in [0.25, 0.3) is 10.6 Å². The van der Waals surface area contributed by atoms with E-state index in [2.05, 4.69) is 20.8 Å². The summed E-state index contributed by atoms with van der Waals surface area (Å²) in [5, 5.41) is 14.5. The maximum Gasteiger partial charge on any atom is 0.248 e. The van der Waals surface area contributed by atoms with E-state index in [4.69, 9.17) is 0 Å². The van der Waals surface area contributed by atoms with Crippen molar-refractivity contribution in [2.45, 2.75) is 33.2 Å². The summed E-state index contributed by atoms with van der Waals surface area (Å²) in [5.41, 5.74) is 0.948. The van der Waals surface area contributed by atoms with Crippen LogP contribution in [-0.4, -0.2) is 28.1 Å². The Morgan fingerprint density at radius 1 is 1.13 bits per heavy atom. The van der Waals surface area contributed by atoms with Crippen molar-refractivity contribution < 1.29 is 9.59 Å². The van der Waals surface area contributed by atoms with Crippen molar-refractivity contribution in [3.63, 3.8) is 0 Å². The Balaban J connectivity index is 1.93. The first kappa shape index (κ1) is 17.1. The number of carbonyl (C=O) groups excluding carboxylic acids is 2. The maximum atomic E-state index is 12.1. The molecule has 23 heavy (non-hydrogen) atoms. The molecule has 2 aromatic rings. The number of benzene rings is 1. The van der Waals surface area contributed by atoms with Gasteiger partial charge in [-0.05, 0) is 12.8 Å². The van der Waals surface area contributed by atoms with Crippen molar-refractivity contribution >= 4 is 28.3 Å². The van der Waals surface area contributed by atoms with E-state index in [1.54, 1.807) is 6.92 Å².